The lowest BCUT2D eigenvalue weighted by molar-refractivity contribution is -0.368. The molecule has 0 radical (unpaired) electrons. The first-order valence-electron chi connectivity index (χ1n) is 7.05. The number of aliphatic hydroxyl groups excluding tert-OH is 6. The summed E-state index contributed by atoms with van der Waals surface area (Å²) in [6.07, 6.45) is -15.9. The van der Waals surface area contributed by atoms with Gasteiger partial charge in [-0.3, -0.25) is 0 Å². The van der Waals surface area contributed by atoms with Crippen molar-refractivity contribution in [1.82, 2.24) is 0 Å². The van der Waals surface area contributed by atoms with Crippen LogP contribution >= 0.6 is 0 Å². The van der Waals surface area contributed by atoms with Crippen LogP contribution in [0.3, 0.4) is 0 Å². The highest BCUT2D eigenvalue weighted by molar-refractivity contribution is 5.81. The number of aliphatic carboxylic acids is 2. The van der Waals surface area contributed by atoms with Crippen LogP contribution in [0.1, 0.15) is 0 Å². The molecule has 0 aliphatic carbocycles. The fraction of sp³-hybridized carbons (Fsp3) is 0.833. The molecule has 2 aliphatic rings. The van der Waals surface area contributed by atoms with E-state index in [1.807, 2.05) is 0 Å². The molecule has 2 heterocycles. The minimum absolute atomic E-state index is 0.839. The third-order valence-electron chi connectivity index (χ3n) is 4.01. The van der Waals surface area contributed by atoms with Crippen LogP contribution in [-0.2, 0) is 23.8 Å². The van der Waals surface area contributed by atoms with Crippen molar-refractivity contribution in [3.05, 3.63) is 0 Å². The third-order valence-corrected chi connectivity index (χ3v) is 4.01. The molecule has 2 saturated heterocycles. The molecule has 0 aromatic heterocycles. The summed E-state index contributed by atoms with van der Waals surface area (Å²) in [4.78, 5) is 22.5. The van der Waals surface area contributed by atoms with Gasteiger partial charge in [0.05, 0.1) is 6.61 Å². The summed E-state index contributed by atoms with van der Waals surface area (Å²) in [6.45, 7) is -0.839. The summed E-state index contributed by atoms with van der Waals surface area (Å²) in [5, 5.41) is 76.0. The molecule has 0 unspecified atom stereocenters. The zero-order valence-electron chi connectivity index (χ0n) is 12.4. The van der Waals surface area contributed by atoms with Crippen molar-refractivity contribution in [3.63, 3.8) is 0 Å². The Hall–Kier alpha value is -1.42. The fourth-order valence-electron chi connectivity index (χ4n) is 2.58. The number of carboxylic acid groups (broad SMARTS) is 2. The van der Waals surface area contributed by atoms with Gasteiger partial charge in [0.1, 0.15) is 36.6 Å². The molecule has 144 valence electrons. The lowest BCUT2D eigenvalue weighted by Crippen LogP contribution is -2.63. The number of rotatable bonds is 5. The van der Waals surface area contributed by atoms with Crippen molar-refractivity contribution in [2.75, 3.05) is 6.61 Å². The summed E-state index contributed by atoms with van der Waals surface area (Å²) in [5.74, 6) is -6.97. The van der Waals surface area contributed by atoms with Crippen LogP contribution in [0, 0.1) is 0 Å². The molecular formula is C12H18O13. The van der Waals surface area contributed by atoms with Gasteiger partial charge in [0, 0.05) is 0 Å². The van der Waals surface area contributed by atoms with Crippen molar-refractivity contribution in [3.8, 4) is 0 Å². The number of hydrogen-bond acceptors (Lipinski definition) is 11. The van der Waals surface area contributed by atoms with Gasteiger partial charge in [-0.2, -0.15) is 0 Å². The monoisotopic (exact) mass is 370 g/mol. The number of carboxylic acids is 2. The maximum absolute atomic E-state index is 11.5. The normalized spacial score (nSPS) is 47.6. The van der Waals surface area contributed by atoms with E-state index in [0.717, 1.165) is 0 Å². The van der Waals surface area contributed by atoms with E-state index >= 15 is 0 Å². The Labute approximate surface area is 139 Å². The van der Waals surface area contributed by atoms with Gasteiger partial charge in [0.2, 0.25) is 0 Å². The van der Waals surface area contributed by atoms with E-state index < -0.39 is 73.4 Å². The van der Waals surface area contributed by atoms with Crippen molar-refractivity contribution in [2.45, 2.75) is 54.8 Å². The van der Waals surface area contributed by atoms with Gasteiger partial charge < -0.3 is 55.1 Å². The van der Waals surface area contributed by atoms with Crippen molar-refractivity contribution < 1.29 is 64.7 Å². The first-order chi connectivity index (χ1) is 11.6. The Morgan fingerprint density at radius 2 is 1.56 bits per heavy atom. The summed E-state index contributed by atoms with van der Waals surface area (Å²) in [7, 11) is 0. The Balaban J connectivity index is 2.30. The molecule has 0 bridgehead atoms. The second-order valence-corrected chi connectivity index (χ2v) is 5.60. The Morgan fingerprint density at radius 1 is 0.960 bits per heavy atom. The highest BCUT2D eigenvalue weighted by atomic mass is 16.8. The van der Waals surface area contributed by atoms with Gasteiger partial charge in [0.15, 0.2) is 12.4 Å². The molecular weight excluding hydrogens is 352 g/mol. The van der Waals surface area contributed by atoms with Gasteiger partial charge in [-0.15, -0.1) is 0 Å². The zero-order chi connectivity index (χ0) is 19.1. The topological polar surface area (TPSA) is 224 Å². The zero-order valence-corrected chi connectivity index (χ0v) is 12.4. The van der Waals surface area contributed by atoms with Crippen molar-refractivity contribution in [1.29, 1.82) is 0 Å². The molecule has 2 fully saturated rings. The van der Waals surface area contributed by atoms with E-state index in [-0.39, 0.29) is 0 Å². The predicted octanol–water partition coefficient (Wildman–Crippen LogP) is -5.21. The number of carbonyl (C=O) groups is 2. The lowest BCUT2D eigenvalue weighted by atomic mass is 9.99. The molecule has 0 amide bonds. The molecule has 25 heavy (non-hydrogen) atoms. The maximum Gasteiger partial charge on any atom is 0.367 e. The van der Waals surface area contributed by atoms with Crippen LogP contribution in [0.25, 0.3) is 0 Å². The van der Waals surface area contributed by atoms with Crippen LogP contribution in [0.5, 0.6) is 0 Å². The minimum atomic E-state index is -3.14. The quantitative estimate of drug-likeness (QED) is 0.227. The van der Waals surface area contributed by atoms with Crippen LogP contribution < -0.4 is 0 Å². The average Bonchev–Trinajstić information content (AvgIpc) is 2.81. The maximum atomic E-state index is 11.5. The largest absolute Gasteiger partial charge is 0.479 e. The first-order valence-corrected chi connectivity index (χ1v) is 7.05. The van der Waals surface area contributed by atoms with Gasteiger partial charge >= 0.3 is 17.7 Å². The average molecular weight is 370 g/mol. The van der Waals surface area contributed by atoms with Gasteiger partial charge in [0.25, 0.3) is 0 Å². The Kier molecular flexibility index (Phi) is 5.62. The molecule has 2 rings (SSSR count). The second kappa shape index (κ2) is 7.06. The fourth-order valence-corrected chi connectivity index (χ4v) is 2.58. The van der Waals surface area contributed by atoms with Crippen LogP contribution in [0.4, 0.5) is 0 Å². The van der Waals surface area contributed by atoms with E-state index in [2.05, 4.69) is 4.74 Å². The van der Waals surface area contributed by atoms with Crippen molar-refractivity contribution in [2.24, 2.45) is 0 Å². The van der Waals surface area contributed by atoms with Crippen LogP contribution in [-0.4, -0.2) is 114 Å². The highest BCUT2D eigenvalue weighted by Gasteiger charge is 2.65. The van der Waals surface area contributed by atoms with E-state index in [1.165, 1.54) is 0 Å². The molecule has 9 atom stereocenters. The SMILES string of the molecule is O=C(O)[C@H]1O[C@](O[C@H]2O[C@H](CO)[C@@H](O)[C@H](O)[C@H]2O)(C(=O)O)[C@@H](O)[C@@H]1O. The van der Waals surface area contributed by atoms with Gasteiger partial charge in [-0.25, -0.2) is 9.59 Å². The van der Waals surface area contributed by atoms with Crippen LogP contribution in [0.15, 0.2) is 0 Å². The smallest absolute Gasteiger partial charge is 0.367 e. The predicted molar refractivity (Wildman–Crippen MR) is 69.7 cm³/mol. The number of ether oxygens (including phenoxy) is 3. The van der Waals surface area contributed by atoms with Gasteiger partial charge in [-0.05, 0) is 0 Å². The lowest BCUT2D eigenvalue weighted by Gasteiger charge is -2.42. The second-order valence-electron chi connectivity index (χ2n) is 5.60. The molecule has 0 aromatic carbocycles. The molecule has 0 aromatic rings. The molecule has 8 N–H and O–H groups in total. The molecule has 13 nitrogen and oxygen atoms in total. The van der Waals surface area contributed by atoms with Gasteiger partial charge in [-0.1, -0.05) is 0 Å². The summed E-state index contributed by atoms with van der Waals surface area (Å²) < 4.78 is 14.5. The first kappa shape index (κ1) is 19.9. The van der Waals surface area contributed by atoms with E-state index in [4.69, 9.17) is 19.7 Å². The third kappa shape index (κ3) is 3.21. The number of aliphatic hydroxyl groups is 6. The minimum Gasteiger partial charge on any atom is -0.479 e. The Bertz CT molecular complexity index is 523. The van der Waals surface area contributed by atoms with E-state index in [9.17, 15) is 40.2 Å². The van der Waals surface area contributed by atoms with Crippen molar-refractivity contribution >= 4 is 11.9 Å². The van der Waals surface area contributed by atoms with E-state index in [0.29, 0.717) is 0 Å². The summed E-state index contributed by atoms with van der Waals surface area (Å²) in [6, 6.07) is 0. The van der Waals surface area contributed by atoms with E-state index in [1.54, 1.807) is 0 Å². The molecule has 13 heteroatoms. The Morgan fingerprint density at radius 3 is 2.00 bits per heavy atom. The molecule has 2 aliphatic heterocycles. The summed E-state index contributed by atoms with van der Waals surface area (Å²) >= 11 is 0. The number of hydrogen-bond donors (Lipinski definition) is 8. The highest BCUT2D eigenvalue weighted by Crippen LogP contribution is 2.36. The standard InChI is InChI=1S/C12H18O13/c13-1-2-3(14)4(15)5(16)10(23-2)25-12(11(21)22)8(18)6(17)7(24-12)9(19)20/h2-8,10,13-18H,1H2,(H,19,20)(H,21,22)/t2-,3-,4+,5-,6-,7+,8+,10-,12-/m1/s1. The summed E-state index contributed by atoms with van der Waals surface area (Å²) in [5.41, 5.74) is 0. The molecule has 0 saturated carbocycles. The van der Waals surface area contributed by atoms with Crippen LogP contribution in [0.2, 0.25) is 0 Å². The molecule has 0 spiro atoms.